The maximum atomic E-state index is 12.0. The van der Waals surface area contributed by atoms with Crippen molar-refractivity contribution in [3.8, 4) is 17.1 Å². The second kappa shape index (κ2) is 7.66. The molecule has 0 spiro atoms. The Morgan fingerprint density at radius 1 is 1.27 bits per heavy atom. The van der Waals surface area contributed by atoms with Gasteiger partial charge in [0.15, 0.2) is 5.82 Å². The van der Waals surface area contributed by atoms with Crippen molar-refractivity contribution in [2.24, 2.45) is 0 Å². The number of nitrogens with zero attached hydrogens (tertiary/aromatic N) is 3. The first-order chi connectivity index (χ1) is 12.5. The number of nitro groups is 1. The molecule has 0 saturated carbocycles. The lowest BCUT2D eigenvalue weighted by Crippen LogP contribution is -2.14. The van der Waals surface area contributed by atoms with Gasteiger partial charge in [0.1, 0.15) is 5.75 Å². The predicted molar refractivity (Wildman–Crippen MR) is 95.9 cm³/mol. The van der Waals surface area contributed by atoms with Gasteiger partial charge >= 0.3 is 0 Å². The molecular formula is C16H13N5O4S. The van der Waals surface area contributed by atoms with Crippen LogP contribution in [-0.4, -0.2) is 36.9 Å². The smallest absolute Gasteiger partial charge is 0.273 e. The van der Waals surface area contributed by atoms with E-state index in [-0.39, 0.29) is 22.9 Å². The number of rotatable bonds is 6. The number of nitro benzene ring substituents is 1. The molecule has 1 amide bonds. The average molecular weight is 371 g/mol. The molecule has 0 radical (unpaired) electrons. The fraction of sp³-hybridized carbons (Fsp3) is 0.0625. The number of nitrogens with one attached hydrogen (secondary N) is 2. The number of hydrogen-bond acceptors (Lipinski definition) is 7. The lowest BCUT2D eigenvalue weighted by atomic mass is 10.2. The largest absolute Gasteiger partial charge is 0.506 e. The third-order valence-electron chi connectivity index (χ3n) is 3.31. The van der Waals surface area contributed by atoms with Crippen molar-refractivity contribution >= 4 is 29.0 Å². The van der Waals surface area contributed by atoms with E-state index >= 15 is 0 Å². The number of aromatic amines is 1. The van der Waals surface area contributed by atoms with Crippen molar-refractivity contribution in [1.29, 1.82) is 0 Å². The Morgan fingerprint density at radius 2 is 2.04 bits per heavy atom. The van der Waals surface area contributed by atoms with Crippen LogP contribution in [0.2, 0.25) is 0 Å². The van der Waals surface area contributed by atoms with Gasteiger partial charge in [-0.15, -0.1) is 5.10 Å². The van der Waals surface area contributed by atoms with E-state index in [0.29, 0.717) is 11.0 Å². The van der Waals surface area contributed by atoms with E-state index in [1.807, 2.05) is 30.3 Å². The molecule has 3 rings (SSSR count). The molecule has 2 aromatic carbocycles. The van der Waals surface area contributed by atoms with Crippen molar-refractivity contribution in [3.05, 3.63) is 58.6 Å². The van der Waals surface area contributed by atoms with Crippen molar-refractivity contribution in [3.63, 3.8) is 0 Å². The molecule has 0 aliphatic carbocycles. The molecule has 10 heteroatoms. The quantitative estimate of drug-likeness (QED) is 0.262. The highest BCUT2D eigenvalue weighted by molar-refractivity contribution is 7.99. The number of phenolic OH excluding ortho intramolecular Hbond substituents is 1. The Balaban J connectivity index is 1.58. The number of aromatic hydroxyl groups is 1. The molecule has 0 aliphatic rings. The van der Waals surface area contributed by atoms with Crippen molar-refractivity contribution in [2.45, 2.75) is 5.16 Å². The van der Waals surface area contributed by atoms with Crippen molar-refractivity contribution < 1.29 is 14.8 Å². The Kier molecular flexibility index (Phi) is 5.13. The highest BCUT2D eigenvalue weighted by Crippen LogP contribution is 2.28. The molecule has 0 bridgehead atoms. The monoisotopic (exact) mass is 371 g/mol. The number of H-pyrrole nitrogens is 1. The second-order valence-electron chi connectivity index (χ2n) is 5.13. The lowest BCUT2D eigenvalue weighted by molar-refractivity contribution is -0.384. The number of benzene rings is 2. The normalized spacial score (nSPS) is 10.5. The fourth-order valence-corrected chi connectivity index (χ4v) is 2.69. The predicted octanol–water partition coefficient (Wildman–Crippen LogP) is 2.82. The minimum Gasteiger partial charge on any atom is -0.506 e. The minimum atomic E-state index is -0.630. The number of carbonyl (C=O) groups excluding carboxylic acids is 1. The van der Waals surface area contributed by atoms with Crippen LogP contribution in [0.15, 0.2) is 53.7 Å². The zero-order valence-electron chi connectivity index (χ0n) is 13.2. The molecule has 26 heavy (non-hydrogen) atoms. The lowest BCUT2D eigenvalue weighted by Gasteiger charge is -2.06. The number of carbonyl (C=O) groups is 1. The van der Waals surface area contributed by atoms with E-state index in [1.165, 1.54) is 12.1 Å². The highest BCUT2D eigenvalue weighted by atomic mass is 32.2. The summed E-state index contributed by atoms with van der Waals surface area (Å²) >= 11 is 1.12. The summed E-state index contributed by atoms with van der Waals surface area (Å²) in [5, 5.41) is 30.1. The second-order valence-corrected chi connectivity index (χ2v) is 6.07. The van der Waals surface area contributed by atoms with Gasteiger partial charge in [-0.05, 0) is 6.07 Å². The molecule has 1 aromatic heterocycles. The zero-order chi connectivity index (χ0) is 18.5. The summed E-state index contributed by atoms with van der Waals surface area (Å²) in [6, 6.07) is 12.9. The molecule has 0 saturated heterocycles. The Labute approximate surface area is 151 Å². The first kappa shape index (κ1) is 17.4. The van der Waals surface area contributed by atoms with Gasteiger partial charge in [0.25, 0.3) is 5.69 Å². The molecular weight excluding hydrogens is 358 g/mol. The van der Waals surface area contributed by atoms with Crippen molar-refractivity contribution in [2.75, 3.05) is 11.1 Å². The van der Waals surface area contributed by atoms with Gasteiger partial charge in [-0.2, -0.15) is 0 Å². The van der Waals surface area contributed by atoms with Gasteiger partial charge in [0.2, 0.25) is 11.1 Å². The molecule has 132 valence electrons. The number of phenols is 1. The van der Waals surface area contributed by atoms with E-state index in [0.717, 1.165) is 23.4 Å². The molecule has 1 heterocycles. The molecule has 9 nitrogen and oxygen atoms in total. The summed E-state index contributed by atoms with van der Waals surface area (Å²) < 4.78 is 0. The van der Waals surface area contributed by atoms with Crippen LogP contribution >= 0.6 is 11.8 Å². The molecule has 0 fully saturated rings. The molecule has 0 unspecified atom stereocenters. The van der Waals surface area contributed by atoms with Crippen LogP contribution < -0.4 is 5.32 Å². The number of thioether (sulfide) groups is 1. The SMILES string of the molecule is O=C(CSc1n[nH]c(-c2ccccc2)n1)Nc1ccc([N+](=O)[O-])cc1O. The topological polar surface area (TPSA) is 134 Å². The molecule has 0 atom stereocenters. The van der Waals surface area contributed by atoms with Crippen LogP contribution in [0, 0.1) is 10.1 Å². The Hall–Kier alpha value is -3.40. The maximum absolute atomic E-state index is 12.0. The number of non-ortho nitro benzene ring substituents is 1. The number of aromatic nitrogens is 3. The van der Waals surface area contributed by atoms with E-state index < -0.39 is 10.8 Å². The molecule has 3 N–H and O–H groups in total. The van der Waals surface area contributed by atoms with Crippen molar-refractivity contribution in [1.82, 2.24) is 15.2 Å². The van der Waals surface area contributed by atoms with Gasteiger partial charge in [-0.3, -0.25) is 20.0 Å². The van der Waals surface area contributed by atoms with Crippen LogP contribution in [0.4, 0.5) is 11.4 Å². The van der Waals surface area contributed by atoms with E-state index in [1.54, 1.807) is 0 Å². The van der Waals surface area contributed by atoms with Crippen LogP contribution in [0.1, 0.15) is 0 Å². The van der Waals surface area contributed by atoms with E-state index in [4.69, 9.17) is 0 Å². The van der Waals surface area contributed by atoms with E-state index in [9.17, 15) is 20.0 Å². The summed E-state index contributed by atoms with van der Waals surface area (Å²) in [4.78, 5) is 26.3. The third-order valence-corrected chi connectivity index (χ3v) is 4.16. The first-order valence-electron chi connectivity index (χ1n) is 7.41. The molecule has 0 aliphatic heterocycles. The van der Waals surface area contributed by atoms with Gasteiger partial charge < -0.3 is 10.4 Å². The highest BCUT2D eigenvalue weighted by Gasteiger charge is 2.13. The van der Waals surface area contributed by atoms with Crippen LogP contribution in [0.3, 0.4) is 0 Å². The standard InChI is InChI=1S/C16H13N5O4S/c22-13-8-11(21(24)25)6-7-12(13)17-14(23)9-26-16-18-15(19-20-16)10-4-2-1-3-5-10/h1-8,22H,9H2,(H,17,23)(H,18,19,20). The molecule has 3 aromatic rings. The van der Waals surface area contributed by atoms with Gasteiger partial charge in [0, 0.05) is 11.6 Å². The minimum absolute atomic E-state index is 0.0164. The summed E-state index contributed by atoms with van der Waals surface area (Å²) in [6.07, 6.45) is 0. The summed E-state index contributed by atoms with van der Waals surface area (Å²) in [5.41, 5.74) is 0.720. The zero-order valence-corrected chi connectivity index (χ0v) is 14.1. The van der Waals surface area contributed by atoms with Gasteiger partial charge in [0.05, 0.1) is 22.4 Å². The number of hydrogen-bond donors (Lipinski definition) is 3. The maximum Gasteiger partial charge on any atom is 0.273 e. The van der Waals surface area contributed by atoms with E-state index in [2.05, 4.69) is 20.5 Å². The summed E-state index contributed by atoms with van der Waals surface area (Å²) in [7, 11) is 0. The van der Waals surface area contributed by atoms with Crippen LogP contribution in [0.5, 0.6) is 5.75 Å². The van der Waals surface area contributed by atoms with Gasteiger partial charge in [-0.25, -0.2) is 4.98 Å². The summed E-state index contributed by atoms with van der Waals surface area (Å²) in [6.45, 7) is 0. The third kappa shape index (κ3) is 4.16. The number of anilines is 1. The summed E-state index contributed by atoms with van der Waals surface area (Å²) in [5.74, 6) is -0.156. The van der Waals surface area contributed by atoms with Gasteiger partial charge in [-0.1, -0.05) is 42.1 Å². The Bertz CT molecular complexity index is 945. The Morgan fingerprint density at radius 3 is 2.73 bits per heavy atom. The fourth-order valence-electron chi connectivity index (χ4n) is 2.09. The van der Waals surface area contributed by atoms with Crippen LogP contribution in [0.25, 0.3) is 11.4 Å². The average Bonchev–Trinajstić information content (AvgIpc) is 3.11. The first-order valence-corrected chi connectivity index (χ1v) is 8.39. The van der Waals surface area contributed by atoms with Crippen LogP contribution in [-0.2, 0) is 4.79 Å². The number of amides is 1.